The molecule has 7 heteroatoms. The van der Waals surface area contributed by atoms with Gasteiger partial charge in [-0.1, -0.05) is 75.7 Å². The lowest BCUT2D eigenvalue weighted by Gasteiger charge is -2.32. The molecule has 1 saturated carbocycles. The Morgan fingerprint density at radius 2 is 1.60 bits per heavy atom. The summed E-state index contributed by atoms with van der Waals surface area (Å²) < 4.78 is 5.66. The molecule has 0 radical (unpaired) electrons. The largest absolute Gasteiger partial charge is 0.481 e. The predicted molar refractivity (Wildman–Crippen MR) is 133 cm³/mol. The zero-order valence-electron chi connectivity index (χ0n) is 20.5. The molecule has 3 atom stereocenters. The highest BCUT2D eigenvalue weighted by Gasteiger charge is 2.38. The van der Waals surface area contributed by atoms with Gasteiger partial charge in [-0.2, -0.15) is 0 Å². The Morgan fingerprint density at radius 1 is 1.00 bits per heavy atom. The number of carboxylic acids is 1. The summed E-state index contributed by atoms with van der Waals surface area (Å²) in [7, 11) is 0. The second-order valence-electron chi connectivity index (χ2n) is 10.6. The number of fused-ring (bicyclic) bond motifs is 3. The lowest BCUT2D eigenvalue weighted by Crippen LogP contribution is -2.50. The third-order valence-electron chi connectivity index (χ3n) is 7.24. The lowest BCUT2D eigenvalue weighted by atomic mass is 9.84. The molecule has 2 aliphatic carbocycles. The van der Waals surface area contributed by atoms with E-state index in [9.17, 15) is 19.5 Å². The Hall–Kier alpha value is -3.35. The minimum Gasteiger partial charge on any atom is -0.481 e. The molecule has 1 unspecified atom stereocenters. The number of aliphatic carboxylic acids is 1. The number of benzene rings is 2. The van der Waals surface area contributed by atoms with Crippen molar-refractivity contribution in [1.29, 1.82) is 0 Å². The average molecular weight is 479 g/mol. The molecule has 0 spiro atoms. The van der Waals surface area contributed by atoms with E-state index >= 15 is 0 Å². The molecular formula is C28H34N2O5. The predicted octanol–water partition coefficient (Wildman–Crippen LogP) is 4.70. The maximum Gasteiger partial charge on any atom is 0.407 e. The van der Waals surface area contributed by atoms with Gasteiger partial charge in [-0.15, -0.1) is 0 Å². The van der Waals surface area contributed by atoms with Crippen molar-refractivity contribution in [3.05, 3.63) is 59.7 Å². The Kier molecular flexibility index (Phi) is 7.15. The standard InChI is InChI=1S/C28H34N2O5/c1-28(2,3)24(15-25(31)32)30-26(33)21-13-8-14-23(21)29-27(34)35-16-22-19-11-6-4-9-17(19)18-10-5-7-12-20(18)22/h4-7,9-12,21-24H,8,13-16H2,1-3H3,(H,29,34)(H,30,33)(H,31,32)/t21-,23+,24?/m0/s1. The maximum atomic E-state index is 13.0. The molecule has 2 aromatic rings. The fourth-order valence-corrected chi connectivity index (χ4v) is 5.27. The van der Waals surface area contributed by atoms with Crippen molar-refractivity contribution in [2.45, 2.75) is 64.5 Å². The van der Waals surface area contributed by atoms with Crippen molar-refractivity contribution in [2.24, 2.45) is 11.3 Å². The molecule has 0 bridgehead atoms. The monoisotopic (exact) mass is 478 g/mol. The fourth-order valence-electron chi connectivity index (χ4n) is 5.27. The third-order valence-corrected chi connectivity index (χ3v) is 7.24. The molecule has 4 rings (SSSR count). The zero-order chi connectivity index (χ0) is 25.2. The highest BCUT2D eigenvalue weighted by atomic mass is 16.5. The molecule has 186 valence electrons. The molecular weight excluding hydrogens is 444 g/mol. The first-order valence-corrected chi connectivity index (χ1v) is 12.3. The molecule has 0 aliphatic heterocycles. The van der Waals surface area contributed by atoms with Crippen LogP contribution in [-0.4, -0.2) is 41.8 Å². The second kappa shape index (κ2) is 10.1. The van der Waals surface area contributed by atoms with Gasteiger partial charge in [0.1, 0.15) is 6.61 Å². The van der Waals surface area contributed by atoms with Gasteiger partial charge in [0.15, 0.2) is 0 Å². The molecule has 0 saturated heterocycles. The molecule has 0 heterocycles. The van der Waals surface area contributed by atoms with Crippen LogP contribution >= 0.6 is 0 Å². The van der Waals surface area contributed by atoms with E-state index in [1.165, 1.54) is 11.1 Å². The summed E-state index contributed by atoms with van der Waals surface area (Å²) in [5, 5.41) is 15.1. The van der Waals surface area contributed by atoms with E-state index in [1.807, 2.05) is 45.0 Å². The van der Waals surface area contributed by atoms with Crippen molar-refractivity contribution in [2.75, 3.05) is 6.61 Å². The zero-order valence-corrected chi connectivity index (χ0v) is 20.5. The van der Waals surface area contributed by atoms with Crippen molar-refractivity contribution in [3.63, 3.8) is 0 Å². The molecule has 2 amide bonds. The lowest BCUT2D eigenvalue weighted by molar-refractivity contribution is -0.138. The summed E-state index contributed by atoms with van der Waals surface area (Å²) in [6, 6.07) is 15.5. The van der Waals surface area contributed by atoms with Crippen LogP contribution in [0, 0.1) is 11.3 Å². The molecule has 35 heavy (non-hydrogen) atoms. The van der Waals surface area contributed by atoms with Gasteiger partial charge in [0, 0.05) is 18.0 Å². The summed E-state index contributed by atoms with van der Waals surface area (Å²) in [4.78, 5) is 37.0. The second-order valence-corrected chi connectivity index (χ2v) is 10.6. The van der Waals surface area contributed by atoms with Gasteiger partial charge in [0.25, 0.3) is 0 Å². The quantitative estimate of drug-likeness (QED) is 0.535. The topological polar surface area (TPSA) is 105 Å². The van der Waals surface area contributed by atoms with Gasteiger partial charge in [-0.25, -0.2) is 4.79 Å². The van der Waals surface area contributed by atoms with E-state index in [0.29, 0.717) is 12.8 Å². The Balaban J connectivity index is 1.37. The van der Waals surface area contributed by atoms with Crippen molar-refractivity contribution in [1.82, 2.24) is 10.6 Å². The highest BCUT2D eigenvalue weighted by molar-refractivity contribution is 5.82. The maximum absolute atomic E-state index is 13.0. The van der Waals surface area contributed by atoms with E-state index in [4.69, 9.17) is 4.74 Å². The van der Waals surface area contributed by atoms with E-state index in [1.54, 1.807) is 0 Å². The van der Waals surface area contributed by atoms with E-state index in [-0.39, 0.29) is 30.9 Å². The van der Waals surface area contributed by atoms with Gasteiger partial charge in [0.2, 0.25) is 5.91 Å². The molecule has 2 aliphatic rings. The van der Waals surface area contributed by atoms with Crippen LogP contribution in [-0.2, 0) is 14.3 Å². The fraction of sp³-hybridized carbons (Fsp3) is 0.464. The highest BCUT2D eigenvalue weighted by Crippen LogP contribution is 2.44. The van der Waals surface area contributed by atoms with Crippen molar-refractivity contribution in [3.8, 4) is 11.1 Å². The number of carbonyl (C=O) groups excluding carboxylic acids is 2. The number of amides is 2. The summed E-state index contributed by atoms with van der Waals surface area (Å²) >= 11 is 0. The summed E-state index contributed by atoms with van der Waals surface area (Å²) in [5.41, 5.74) is 4.22. The van der Waals surface area contributed by atoms with E-state index in [2.05, 4.69) is 34.9 Å². The van der Waals surface area contributed by atoms with Crippen LogP contribution in [0.1, 0.15) is 63.5 Å². The van der Waals surface area contributed by atoms with Crippen LogP contribution in [0.2, 0.25) is 0 Å². The number of carbonyl (C=O) groups is 3. The minimum absolute atomic E-state index is 0.0283. The van der Waals surface area contributed by atoms with Crippen LogP contribution in [0.25, 0.3) is 11.1 Å². The number of nitrogens with one attached hydrogen (secondary N) is 2. The molecule has 2 aromatic carbocycles. The van der Waals surface area contributed by atoms with Crippen molar-refractivity contribution < 1.29 is 24.2 Å². The van der Waals surface area contributed by atoms with Gasteiger partial charge < -0.3 is 20.5 Å². The van der Waals surface area contributed by atoms with Gasteiger partial charge in [0.05, 0.1) is 12.3 Å². The molecule has 1 fully saturated rings. The van der Waals surface area contributed by atoms with Crippen LogP contribution < -0.4 is 10.6 Å². The van der Waals surface area contributed by atoms with E-state index < -0.39 is 29.4 Å². The molecule has 0 aromatic heterocycles. The molecule has 3 N–H and O–H groups in total. The minimum atomic E-state index is -0.954. The SMILES string of the molecule is CC(C)(C)C(CC(=O)O)NC(=O)[C@H]1CCC[C@H]1NC(=O)OCC1c2ccccc2-c2ccccc21. The van der Waals surface area contributed by atoms with Crippen LogP contribution in [0.4, 0.5) is 4.79 Å². The first-order valence-electron chi connectivity index (χ1n) is 12.3. The first kappa shape index (κ1) is 24.8. The molecule has 7 nitrogen and oxygen atoms in total. The van der Waals surface area contributed by atoms with E-state index in [0.717, 1.165) is 17.5 Å². The number of ether oxygens (including phenoxy) is 1. The summed E-state index contributed by atoms with van der Waals surface area (Å²) in [6.07, 6.45) is 1.46. The van der Waals surface area contributed by atoms with Crippen LogP contribution in [0.3, 0.4) is 0 Å². The number of carboxylic acid groups (broad SMARTS) is 1. The Labute approximate surface area is 206 Å². The summed E-state index contributed by atoms with van der Waals surface area (Å²) in [5.74, 6) is -1.61. The van der Waals surface area contributed by atoms with Crippen LogP contribution in [0.15, 0.2) is 48.5 Å². The Bertz CT molecular complexity index is 1060. The average Bonchev–Trinajstić information content (AvgIpc) is 3.39. The van der Waals surface area contributed by atoms with Gasteiger partial charge in [-0.05, 0) is 40.5 Å². The van der Waals surface area contributed by atoms with Crippen LogP contribution in [0.5, 0.6) is 0 Å². The third kappa shape index (κ3) is 5.50. The number of hydrogen-bond acceptors (Lipinski definition) is 4. The smallest absolute Gasteiger partial charge is 0.407 e. The summed E-state index contributed by atoms with van der Waals surface area (Å²) in [6.45, 7) is 5.93. The number of alkyl carbamates (subject to hydrolysis) is 1. The normalized spacial score (nSPS) is 20.0. The number of hydrogen-bond donors (Lipinski definition) is 3. The number of rotatable bonds is 7. The Morgan fingerprint density at radius 3 is 2.17 bits per heavy atom. The van der Waals surface area contributed by atoms with Gasteiger partial charge in [-0.3, -0.25) is 9.59 Å². The van der Waals surface area contributed by atoms with Gasteiger partial charge >= 0.3 is 12.1 Å². The first-order chi connectivity index (χ1) is 16.6. The van der Waals surface area contributed by atoms with Crippen molar-refractivity contribution >= 4 is 18.0 Å².